The number of benzene rings is 1. The minimum absolute atomic E-state index is 0.00285. The van der Waals surface area contributed by atoms with Gasteiger partial charge >= 0.3 is 0 Å². The highest BCUT2D eigenvalue weighted by Gasteiger charge is 2.09. The molecule has 1 aliphatic heterocycles. The van der Waals surface area contributed by atoms with Gasteiger partial charge < -0.3 is 5.43 Å². The summed E-state index contributed by atoms with van der Waals surface area (Å²) in [4.78, 5) is 11.1. The summed E-state index contributed by atoms with van der Waals surface area (Å²) in [6.07, 6.45) is 1.50. The van der Waals surface area contributed by atoms with Crippen LogP contribution in [0.3, 0.4) is 0 Å². The van der Waals surface area contributed by atoms with E-state index in [1.54, 1.807) is 12.1 Å². The van der Waals surface area contributed by atoms with Gasteiger partial charge in [0.2, 0.25) is 0 Å². The van der Waals surface area contributed by atoms with E-state index in [1.165, 1.54) is 18.2 Å². The molecule has 0 atom stereocenters. The molecule has 14 heavy (non-hydrogen) atoms. The Morgan fingerprint density at radius 1 is 1.21 bits per heavy atom. The first kappa shape index (κ1) is 8.90. The van der Waals surface area contributed by atoms with Crippen LogP contribution in [0.4, 0.5) is 4.39 Å². The van der Waals surface area contributed by atoms with E-state index < -0.39 is 0 Å². The molecule has 1 aliphatic rings. The molecule has 0 spiro atoms. The van der Waals surface area contributed by atoms with Crippen molar-refractivity contribution in [2.75, 3.05) is 6.54 Å². The molecule has 3 nitrogen and oxygen atoms in total. The third-order valence-electron chi connectivity index (χ3n) is 1.95. The van der Waals surface area contributed by atoms with Gasteiger partial charge in [0.1, 0.15) is 5.82 Å². The SMILES string of the molecule is O=C1C=C(c2ccc(F)cc2)NNC1. The van der Waals surface area contributed by atoms with Crippen LogP contribution >= 0.6 is 0 Å². The molecule has 1 aromatic carbocycles. The highest BCUT2D eigenvalue weighted by Crippen LogP contribution is 2.12. The van der Waals surface area contributed by atoms with Gasteiger partial charge in [-0.15, -0.1) is 0 Å². The maximum Gasteiger partial charge on any atom is 0.173 e. The monoisotopic (exact) mass is 192 g/mol. The van der Waals surface area contributed by atoms with E-state index in [4.69, 9.17) is 0 Å². The lowest BCUT2D eigenvalue weighted by Gasteiger charge is -2.15. The van der Waals surface area contributed by atoms with E-state index in [9.17, 15) is 9.18 Å². The van der Waals surface area contributed by atoms with E-state index in [1.807, 2.05) is 0 Å². The highest BCUT2D eigenvalue weighted by atomic mass is 19.1. The number of rotatable bonds is 1. The molecule has 0 amide bonds. The largest absolute Gasteiger partial charge is 0.320 e. The number of hydrazine groups is 1. The Balaban J connectivity index is 2.30. The first-order valence-electron chi connectivity index (χ1n) is 4.25. The average molecular weight is 192 g/mol. The van der Waals surface area contributed by atoms with E-state index >= 15 is 0 Å². The molecule has 0 aliphatic carbocycles. The molecule has 1 aromatic rings. The molecule has 0 saturated carbocycles. The predicted molar refractivity (Wildman–Crippen MR) is 50.5 cm³/mol. The van der Waals surface area contributed by atoms with Crippen molar-refractivity contribution in [1.29, 1.82) is 0 Å². The summed E-state index contributed by atoms with van der Waals surface area (Å²) in [5, 5.41) is 0. The van der Waals surface area contributed by atoms with Crippen molar-refractivity contribution < 1.29 is 9.18 Å². The lowest BCUT2D eigenvalue weighted by atomic mass is 10.1. The Morgan fingerprint density at radius 3 is 2.57 bits per heavy atom. The summed E-state index contributed by atoms with van der Waals surface area (Å²) in [5.74, 6) is -0.285. The minimum atomic E-state index is -0.288. The normalized spacial score (nSPS) is 16.1. The Kier molecular flexibility index (Phi) is 2.28. The van der Waals surface area contributed by atoms with Crippen LogP contribution in [0.15, 0.2) is 30.3 Å². The molecule has 0 unspecified atom stereocenters. The first-order valence-corrected chi connectivity index (χ1v) is 4.25. The zero-order valence-corrected chi connectivity index (χ0v) is 7.38. The van der Waals surface area contributed by atoms with E-state index in [-0.39, 0.29) is 18.1 Å². The van der Waals surface area contributed by atoms with Gasteiger partial charge in [-0.25, -0.2) is 9.82 Å². The number of carbonyl (C=O) groups is 1. The maximum absolute atomic E-state index is 12.6. The molecule has 2 rings (SSSR count). The molecule has 0 aromatic heterocycles. The van der Waals surface area contributed by atoms with E-state index in [2.05, 4.69) is 10.9 Å². The van der Waals surface area contributed by atoms with Gasteiger partial charge in [-0.3, -0.25) is 4.79 Å². The topological polar surface area (TPSA) is 41.1 Å². The van der Waals surface area contributed by atoms with Crippen LogP contribution in [-0.2, 0) is 4.79 Å². The number of hydrogen-bond donors (Lipinski definition) is 2. The Labute approximate surface area is 80.6 Å². The number of halogens is 1. The van der Waals surface area contributed by atoms with Crippen molar-refractivity contribution in [3.8, 4) is 0 Å². The summed E-state index contributed by atoms with van der Waals surface area (Å²) >= 11 is 0. The van der Waals surface area contributed by atoms with Crippen LogP contribution in [0.1, 0.15) is 5.56 Å². The Hall–Kier alpha value is -1.68. The van der Waals surface area contributed by atoms with Gasteiger partial charge in [-0.05, 0) is 29.8 Å². The van der Waals surface area contributed by atoms with Crippen LogP contribution in [-0.4, -0.2) is 12.3 Å². The molecule has 2 N–H and O–H groups in total. The van der Waals surface area contributed by atoms with E-state index in [0.717, 1.165) is 5.56 Å². The molecule has 72 valence electrons. The zero-order chi connectivity index (χ0) is 9.97. The first-order chi connectivity index (χ1) is 6.75. The van der Waals surface area contributed by atoms with Crippen molar-refractivity contribution in [2.45, 2.75) is 0 Å². The van der Waals surface area contributed by atoms with Crippen LogP contribution in [0.25, 0.3) is 5.70 Å². The number of ketones is 1. The fourth-order valence-corrected chi connectivity index (χ4v) is 1.26. The summed E-state index contributed by atoms with van der Waals surface area (Å²) < 4.78 is 12.6. The molecule has 0 fully saturated rings. The lowest BCUT2D eigenvalue weighted by molar-refractivity contribution is -0.114. The smallest absolute Gasteiger partial charge is 0.173 e. The quantitative estimate of drug-likeness (QED) is 0.692. The van der Waals surface area contributed by atoms with Crippen LogP contribution in [0, 0.1) is 5.82 Å². The molecule has 0 bridgehead atoms. The van der Waals surface area contributed by atoms with Crippen molar-refractivity contribution in [1.82, 2.24) is 10.9 Å². The van der Waals surface area contributed by atoms with Gasteiger partial charge in [0.25, 0.3) is 0 Å². The summed E-state index contributed by atoms with van der Waals surface area (Å²) in [6, 6.07) is 5.96. The second-order valence-corrected chi connectivity index (χ2v) is 3.01. The lowest BCUT2D eigenvalue weighted by Crippen LogP contribution is -2.38. The molecular weight excluding hydrogens is 183 g/mol. The summed E-state index contributed by atoms with van der Waals surface area (Å²) in [7, 11) is 0. The Bertz CT molecular complexity index is 384. The van der Waals surface area contributed by atoms with Gasteiger partial charge in [0.05, 0.1) is 12.2 Å². The van der Waals surface area contributed by atoms with E-state index in [0.29, 0.717) is 5.70 Å². The third-order valence-corrected chi connectivity index (χ3v) is 1.95. The van der Waals surface area contributed by atoms with Crippen molar-refractivity contribution in [3.63, 3.8) is 0 Å². The van der Waals surface area contributed by atoms with Crippen molar-refractivity contribution in [2.24, 2.45) is 0 Å². The van der Waals surface area contributed by atoms with Gasteiger partial charge in [-0.1, -0.05) is 0 Å². The fraction of sp³-hybridized carbons (Fsp3) is 0.100. The Morgan fingerprint density at radius 2 is 1.93 bits per heavy atom. The molecular formula is C10H9FN2O. The minimum Gasteiger partial charge on any atom is -0.320 e. The van der Waals surface area contributed by atoms with Crippen molar-refractivity contribution >= 4 is 11.5 Å². The molecule has 0 radical (unpaired) electrons. The standard InChI is InChI=1S/C10H9FN2O/c11-8-3-1-7(2-4-8)10-5-9(14)6-12-13-10/h1-5,12-13H,6H2. The summed E-state index contributed by atoms with van der Waals surface area (Å²) in [5.41, 5.74) is 7.04. The number of hydrogen-bond acceptors (Lipinski definition) is 3. The second-order valence-electron chi connectivity index (χ2n) is 3.01. The van der Waals surface area contributed by atoms with Gasteiger partial charge in [0.15, 0.2) is 5.78 Å². The average Bonchev–Trinajstić information content (AvgIpc) is 2.19. The maximum atomic E-state index is 12.6. The summed E-state index contributed by atoms with van der Waals surface area (Å²) in [6.45, 7) is 0.282. The highest BCUT2D eigenvalue weighted by molar-refractivity contribution is 5.98. The fourth-order valence-electron chi connectivity index (χ4n) is 1.26. The van der Waals surface area contributed by atoms with Crippen LogP contribution in [0.5, 0.6) is 0 Å². The number of carbonyl (C=O) groups excluding carboxylic acids is 1. The predicted octanol–water partition coefficient (Wildman–Crippen LogP) is 0.843. The van der Waals surface area contributed by atoms with Crippen LogP contribution < -0.4 is 10.9 Å². The van der Waals surface area contributed by atoms with Crippen LogP contribution in [0.2, 0.25) is 0 Å². The molecule has 0 saturated heterocycles. The van der Waals surface area contributed by atoms with Crippen molar-refractivity contribution in [3.05, 3.63) is 41.7 Å². The number of nitrogens with one attached hydrogen (secondary N) is 2. The zero-order valence-electron chi connectivity index (χ0n) is 7.38. The van der Waals surface area contributed by atoms with Gasteiger partial charge in [0, 0.05) is 6.08 Å². The van der Waals surface area contributed by atoms with Gasteiger partial charge in [-0.2, -0.15) is 0 Å². The molecule has 4 heteroatoms. The second kappa shape index (κ2) is 3.59. The molecule has 1 heterocycles. The third kappa shape index (κ3) is 1.80.